The molecule has 0 unspecified atom stereocenters. The summed E-state index contributed by atoms with van der Waals surface area (Å²) < 4.78 is 35.9. The molecule has 6 heteroatoms. The Morgan fingerprint density at radius 3 is 2.65 bits per heavy atom. The summed E-state index contributed by atoms with van der Waals surface area (Å²) in [6.45, 7) is 4.35. The maximum absolute atomic E-state index is 10.7. The van der Waals surface area contributed by atoms with Crippen LogP contribution in [0, 0.1) is 13.8 Å². The summed E-state index contributed by atoms with van der Waals surface area (Å²) in [5, 5.41) is 1.14. The first-order valence-corrected chi connectivity index (χ1v) is 9.84. The van der Waals surface area contributed by atoms with Crippen molar-refractivity contribution >= 4 is 21.0 Å². The molecule has 4 rings (SSSR count). The fourth-order valence-corrected chi connectivity index (χ4v) is 3.77. The topological polar surface area (TPSA) is 76.5 Å². The zero-order valence-electron chi connectivity index (χ0n) is 14.8. The molecule has 26 heavy (non-hydrogen) atoms. The molecule has 0 amide bonds. The molecule has 0 saturated carbocycles. The third-order valence-corrected chi connectivity index (χ3v) is 5.28. The minimum absolute atomic E-state index is 0.0203. The predicted octanol–water partition coefficient (Wildman–Crippen LogP) is 4.11. The maximum Gasteiger partial charge on any atom is 0.294 e. The second-order valence-corrected chi connectivity index (χ2v) is 7.71. The zero-order valence-corrected chi connectivity index (χ0v) is 15.6. The lowest BCUT2D eigenvalue weighted by Crippen LogP contribution is -2.08. The Morgan fingerprint density at radius 2 is 1.92 bits per heavy atom. The van der Waals surface area contributed by atoms with E-state index in [0.29, 0.717) is 5.56 Å². The van der Waals surface area contributed by atoms with Gasteiger partial charge in [-0.3, -0.25) is 9.54 Å². The Bertz CT molecular complexity index is 1040. The van der Waals surface area contributed by atoms with Crippen molar-refractivity contribution < 1.29 is 17.7 Å². The van der Waals surface area contributed by atoms with Gasteiger partial charge in [0, 0.05) is 11.6 Å². The first-order valence-electron chi connectivity index (χ1n) is 8.40. The number of hydrogen-bond acceptors (Lipinski definition) is 4. The number of aromatic nitrogens is 1. The second kappa shape index (κ2) is 7.43. The van der Waals surface area contributed by atoms with Gasteiger partial charge in [0.2, 0.25) is 0 Å². The van der Waals surface area contributed by atoms with E-state index in [9.17, 15) is 8.42 Å². The summed E-state index contributed by atoms with van der Waals surface area (Å²) in [5.41, 5.74) is 3.88. The third-order valence-electron chi connectivity index (χ3n) is 4.26. The van der Waals surface area contributed by atoms with E-state index in [-0.39, 0.29) is 4.90 Å². The molecular weight excluding hydrogens is 350 g/mol. The Kier molecular flexibility index (Phi) is 5.25. The Hall–Kier alpha value is -2.44. The average molecular weight is 371 g/mol. The fraction of sp³-hybridized carbons (Fsp3) is 0.250. The van der Waals surface area contributed by atoms with Gasteiger partial charge in [-0.25, -0.2) is 0 Å². The van der Waals surface area contributed by atoms with E-state index in [1.54, 1.807) is 19.1 Å². The highest BCUT2D eigenvalue weighted by molar-refractivity contribution is 7.85. The van der Waals surface area contributed by atoms with Crippen LogP contribution in [-0.4, -0.2) is 24.6 Å². The minimum atomic E-state index is -4.05. The van der Waals surface area contributed by atoms with Gasteiger partial charge >= 0.3 is 0 Å². The largest absolute Gasteiger partial charge is 0.493 e. The molecule has 0 saturated heterocycles. The van der Waals surface area contributed by atoms with Crippen molar-refractivity contribution in [2.45, 2.75) is 31.6 Å². The van der Waals surface area contributed by atoms with Crippen LogP contribution in [-0.2, 0) is 16.5 Å². The van der Waals surface area contributed by atoms with E-state index in [1.165, 1.54) is 11.6 Å². The van der Waals surface area contributed by atoms with Crippen molar-refractivity contribution in [1.82, 2.24) is 4.98 Å². The lowest BCUT2D eigenvalue weighted by molar-refractivity contribution is 0.292. The lowest BCUT2D eigenvalue weighted by Gasteiger charge is -2.18. The van der Waals surface area contributed by atoms with Crippen LogP contribution < -0.4 is 4.74 Å². The fourth-order valence-electron chi connectivity index (χ4n) is 3.06. The number of pyridine rings is 1. The molecule has 0 bridgehead atoms. The van der Waals surface area contributed by atoms with Crippen molar-refractivity contribution in [3.8, 4) is 5.75 Å². The van der Waals surface area contributed by atoms with E-state index < -0.39 is 10.1 Å². The van der Waals surface area contributed by atoms with Crippen molar-refractivity contribution in [1.29, 1.82) is 0 Å². The standard InChI is InChI=1S/C12H11NO.C8H10O3S/c1-4-10-11(13-7-1)6-5-9-3-2-8-14-12(9)10;1-6-3-4-8(7(2)5-6)12(9,10)11/h1,4-7H,2-3,8H2;3-5H,1-2H3,(H,9,10,11). The van der Waals surface area contributed by atoms with Gasteiger partial charge in [0.05, 0.1) is 17.0 Å². The zero-order chi connectivity index (χ0) is 18.7. The van der Waals surface area contributed by atoms with Gasteiger partial charge < -0.3 is 4.74 Å². The summed E-state index contributed by atoms with van der Waals surface area (Å²) >= 11 is 0. The molecule has 136 valence electrons. The van der Waals surface area contributed by atoms with E-state index in [1.807, 2.05) is 19.2 Å². The van der Waals surface area contributed by atoms with Gasteiger partial charge in [0.25, 0.3) is 10.1 Å². The second-order valence-electron chi connectivity index (χ2n) is 6.32. The van der Waals surface area contributed by atoms with Crippen LogP contribution in [0.2, 0.25) is 0 Å². The third kappa shape index (κ3) is 4.03. The van der Waals surface area contributed by atoms with Crippen LogP contribution in [0.15, 0.2) is 53.6 Å². The van der Waals surface area contributed by atoms with E-state index in [0.717, 1.165) is 41.7 Å². The molecule has 1 N–H and O–H groups in total. The van der Waals surface area contributed by atoms with Crippen molar-refractivity contribution in [2.24, 2.45) is 0 Å². The smallest absolute Gasteiger partial charge is 0.294 e. The van der Waals surface area contributed by atoms with Gasteiger partial charge in [-0.2, -0.15) is 8.42 Å². The highest BCUT2D eigenvalue weighted by Crippen LogP contribution is 2.32. The predicted molar refractivity (Wildman–Crippen MR) is 101 cm³/mol. The molecule has 1 aliphatic heterocycles. The normalized spacial score (nSPS) is 13.3. The van der Waals surface area contributed by atoms with Crippen molar-refractivity contribution in [2.75, 3.05) is 6.61 Å². The van der Waals surface area contributed by atoms with E-state index >= 15 is 0 Å². The van der Waals surface area contributed by atoms with Crippen molar-refractivity contribution in [3.63, 3.8) is 0 Å². The number of rotatable bonds is 1. The quantitative estimate of drug-likeness (QED) is 0.652. The Labute approximate surface area is 153 Å². The molecule has 2 aromatic carbocycles. The molecule has 0 fully saturated rings. The number of ether oxygens (including phenoxy) is 1. The van der Waals surface area contributed by atoms with Gasteiger partial charge in [0.1, 0.15) is 5.75 Å². The molecule has 5 nitrogen and oxygen atoms in total. The molecule has 2 heterocycles. The summed E-state index contributed by atoms with van der Waals surface area (Å²) in [6.07, 6.45) is 4.07. The minimum Gasteiger partial charge on any atom is -0.493 e. The molecule has 0 atom stereocenters. The summed E-state index contributed by atoms with van der Waals surface area (Å²) in [5.74, 6) is 1.04. The summed E-state index contributed by atoms with van der Waals surface area (Å²) in [7, 11) is -4.05. The molecule has 1 aliphatic rings. The van der Waals surface area contributed by atoms with Gasteiger partial charge in [-0.05, 0) is 62.1 Å². The number of benzene rings is 2. The molecule has 0 spiro atoms. The molecule has 1 aromatic heterocycles. The number of nitrogens with zero attached hydrogens (tertiary/aromatic N) is 1. The van der Waals surface area contributed by atoms with Crippen molar-refractivity contribution in [3.05, 3.63) is 65.4 Å². The van der Waals surface area contributed by atoms with Gasteiger partial charge in [0.15, 0.2) is 0 Å². The first-order chi connectivity index (χ1) is 12.4. The first kappa shape index (κ1) is 18.4. The van der Waals surface area contributed by atoms with Crippen LogP contribution in [0.25, 0.3) is 10.9 Å². The van der Waals surface area contributed by atoms with Crippen LogP contribution >= 0.6 is 0 Å². The van der Waals surface area contributed by atoms with Gasteiger partial charge in [-0.15, -0.1) is 0 Å². The number of fused-ring (bicyclic) bond motifs is 3. The highest BCUT2D eigenvalue weighted by atomic mass is 32.2. The SMILES string of the molecule is Cc1ccc(S(=O)(=O)O)c(C)c1.c1cnc2ccc3c(c2c1)OCCC3. The van der Waals surface area contributed by atoms with Gasteiger partial charge in [-0.1, -0.05) is 23.8 Å². The summed E-state index contributed by atoms with van der Waals surface area (Å²) in [6, 6.07) is 13.0. The number of aryl methyl sites for hydroxylation is 3. The Balaban J connectivity index is 0.000000153. The maximum atomic E-state index is 10.7. The molecule has 3 aromatic rings. The number of hydrogen-bond donors (Lipinski definition) is 1. The molecular formula is C20H21NO4S. The van der Waals surface area contributed by atoms with Crippen LogP contribution in [0.1, 0.15) is 23.1 Å². The van der Waals surface area contributed by atoms with Crippen LogP contribution in [0.4, 0.5) is 0 Å². The van der Waals surface area contributed by atoms with E-state index in [4.69, 9.17) is 9.29 Å². The van der Waals surface area contributed by atoms with E-state index in [2.05, 4.69) is 23.2 Å². The monoisotopic (exact) mass is 371 g/mol. The van der Waals surface area contributed by atoms with Crippen LogP contribution in [0.5, 0.6) is 5.75 Å². The molecule has 0 aliphatic carbocycles. The Morgan fingerprint density at radius 1 is 1.12 bits per heavy atom. The lowest BCUT2D eigenvalue weighted by atomic mass is 10.0. The summed E-state index contributed by atoms with van der Waals surface area (Å²) in [4.78, 5) is 4.29. The highest BCUT2D eigenvalue weighted by Gasteiger charge is 2.13. The average Bonchev–Trinajstić information content (AvgIpc) is 2.61. The molecule has 0 radical (unpaired) electrons. The van der Waals surface area contributed by atoms with Crippen LogP contribution in [0.3, 0.4) is 0 Å².